The van der Waals surface area contributed by atoms with Crippen molar-refractivity contribution in [3.8, 4) is 0 Å². The molecule has 0 radical (unpaired) electrons. The minimum Gasteiger partial charge on any atom is -0.468 e. The second-order valence-corrected chi connectivity index (χ2v) is 4.08. The van der Waals surface area contributed by atoms with Gasteiger partial charge in [0.2, 0.25) is 5.91 Å². The Morgan fingerprint density at radius 1 is 1.19 bits per heavy atom. The number of carbonyl (C=O) groups is 2. The van der Waals surface area contributed by atoms with Gasteiger partial charge in [-0.1, -0.05) is 19.3 Å². The Kier molecular flexibility index (Phi) is 5.85. The first kappa shape index (κ1) is 13.0. The average Bonchev–Trinajstić information content (AvgIpc) is 2.30. The SMILES string of the molecule is COC(=O)CNCC(=O)NC1CCCCC1. The Hall–Kier alpha value is -1.10. The molecule has 0 aromatic carbocycles. The summed E-state index contributed by atoms with van der Waals surface area (Å²) >= 11 is 0. The molecule has 1 fully saturated rings. The first-order chi connectivity index (χ1) is 7.72. The van der Waals surface area contributed by atoms with Crippen molar-refractivity contribution in [2.24, 2.45) is 0 Å². The zero-order chi connectivity index (χ0) is 11.8. The van der Waals surface area contributed by atoms with E-state index in [-0.39, 0.29) is 25.0 Å². The van der Waals surface area contributed by atoms with Crippen molar-refractivity contribution in [3.63, 3.8) is 0 Å². The number of methoxy groups -OCH3 is 1. The standard InChI is InChI=1S/C11H20N2O3/c1-16-11(15)8-12-7-10(14)13-9-5-3-2-4-6-9/h9,12H,2-8H2,1H3,(H,13,14). The lowest BCUT2D eigenvalue weighted by Gasteiger charge is -2.22. The number of rotatable bonds is 5. The van der Waals surface area contributed by atoms with Crippen molar-refractivity contribution in [3.05, 3.63) is 0 Å². The van der Waals surface area contributed by atoms with Gasteiger partial charge in [-0.25, -0.2) is 0 Å². The predicted molar refractivity (Wildman–Crippen MR) is 59.9 cm³/mol. The lowest BCUT2D eigenvalue weighted by Crippen LogP contribution is -2.42. The highest BCUT2D eigenvalue weighted by molar-refractivity contribution is 5.79. The maximum Gasteiger partial charge on any atom is 0.319 e. The van der Waals surface area contributed by atoms with E-state index in [9.17, 15) is 9.59 Å². The maximum atomic E-state index is 11.5. The quantitative estimate of drug-likeness (QED) is 0.660. The molecule has 0 spiro atoms. The van der Waals surface area contributed by atoms with Crippen LogP contribution < -0.4 is 10.6 Å². The molecule has 2 N–H and O–H groups in total. The summed E-state index contributed by atoms with van der Waals surface area (Å²) in [6.45, 7) is 0.250. The molecule has 0 aromatic heterocycles. The van der Waals surface area contributed by atoms with Crippen molar-refractivity contribution in [1.82, 2.24) is 10.6 Å². The third-order valence-electron chi connectivity index (χ3n) is 2.75. The lowest BCUT2D eigenvalue weighted by molar-refractivity contribution is -0.139. The van der Waals surface area contributed by atoms with Gasteiger partial charge in [0.25, 0.3) is 0 Å². The average molecular weight is 228 g/mol. The van der Waals surface area contributed by atoms with Crippen molar-refractivity contribution in [2.45, 2.75) is 38.1 Å². The number of amides is 1. The molecule has 0 bridgehead atoms. The van der Waals surface area contributed by atoms with E-state index in [1.807, 2.05) is 0 Å². The minimum absolute atomic E-state index is 0.0456. The number of ether oxygens (including phenoxy) is 1. The zero-order valence-corrected chi connectivity index (χ0v) is 9.75. The highest BCUT2D eigenvalue weighted by Crippen LogP contribution is 2.16. The molecule has 92 valence electrons. The van der Waals surface area contributed by atoms with Gasteiger partial charge in [-0.05, 0) is 12.8 Å². The topological polar surface area (TPSA) is 67.4 Å². The molecular weight excluding hydrogens is 208 g/mol. The van der Waals surface area contributed by atoms with E-state index in [1.54, 1.807) is 0 Å². The van der Waals surface area contributed by atoms with Crippen LogP contribution in [-0.4, -0.2) is 38.1 Å². The van der Waals surface area contributed by atoms with Gasteiger partial charge in [0.05, 0.1) is 20.2 Å². The molecule has 1 amide bonds. The number of nitrogens with one attached hydrogen (secondary N) is 2. The molecule has 0 aromatic rings. The van der Waals surface area contributed by atoms with Crippen LogP contribution in [0.3, 0.4) is 0 Å². The minimum atomic E-state index is -0.356. The van der Waals surface area contributed by atoms with Crippen molar-refractivity contribution in [2.75, 3.05) is 20.2 Å². The van der Waals surface area contributed by atoms with Crippen LogP contribution in [0.1, 0.15) is 32.1 Å². The van der Waals surface area contributed by atoms with E-state index < -0.39 is 0 Å². The fraction of sp³-hybridized carbons (Fsp3) is 0.818. The molecular formula is C11H20N2O3. The Bertz CT molecular complexity index is 237. The van der Waals surface area contributed by atoms with Crippen LogP contribution in [0.2, 0.25) is 0 Å². The first-order valence-electron chi connectivity index (χ1n) is 5.79. The van der Waals surface area contributed by atoms with Gasteiger partial charge in [0.15, 0.2) is 0 Å². The fourth-order valence-electron chi connectivity index (χ4n) is 1.88. The first-order valence-corrected chi connectivity index (χ1v) is 5.79. The summed E-state index contributed by atoms with van der Waals surface area (Å²) in [6.07, 6.45) is 5.81. The van der Waals surface area contributed by atoms with Crippen molar-refractivity contribution in [1.29, 1.82) is 0 Å². The van der Waals surface area contributed by atoms with Gasteiger partial charge in [0, 0.05) is 6.04 Å². The third kappa shape index (κ3) is 5.11. The molecule has 0 atom stereocenters. The van der Waals surface area contributed by atoms with E-state index in [4.69, 9.17) is 0 Å². The molecule has 0 aliphatic heterocycles. The molecule has 5 nitrogen and oxygen atoms in total. The second kappa shape index (κ2) is 7.22. The molecule has 1 rings (SSSR count). The summed E-state index contributed by atoms with van der Waals surface area (Å²) in [4.78, 5) is 22.2. The molecule has 1 aliphatic carbocycles. The van der Waals surface area contributed by atoms with Gasteiger partial charge >= 0.3 is 5.97 Å². The lowest BCUT2D eigenvalue weighted by atomic mass is 9.95. The highest BCUT2D eigenvalue weighted by atomic mass is 16.5. The molecule has 16 heavy (non-hydrogen) atoms. The highest BCUT2D eigenvalue weighted by Gasteiger charge is 2.15. The van der Waals surface area contributed by atoms with Crippen LogP contribution in [0.4, 0.5) is 0 Å². The fourth-order valence-corrected chi connectivity index (χ4v) is 1.88. The van der Waals surface area contributed by atoms with Crippen LogP contribution in [0, 0.1) is 0 Å². The monoisotopic (exact) mass is 228 g/mol. The summed E-state index contributed by atoms with van der Waals surface area (Å²) in [5.41, 5.74) is 0. The second-order valence-electron chi connectivity index (χ2n) is 4.08. The number of hydrogen-bond donors (Lipinski definition) is 2. The van der Waals surface area contributed by atoms with Crippen molar-refractivity contribution < 1.29 is 14.3 Å². The van der Waals surface area contributed by atoms with Gasteiger partial charge in [0.1, 0.15) is 0 Å². The number of carbonyl (C=O) groups excluding carboxylic acids is 2. The van der Waals surface area contributed by atoms with E-state index in [2.05, 4.69) is 15.4 Å². The molecule has 0 heterocycles. The number of esters is 1. The van der Waals surface area contributed by atoms with Crippen molar-refractivity contribution >= 4 is 11.9 Å². The predicted octanol–water partition coefficient (Wildman–Crippen LogP) is 0.198. The van der Waals surface area contributed by atoms with Gasteiger partial charge in [-0.2, -0.15) is 0 Å². The summed E-state index contributed by atoms with van der Waals surface area (Å²) in [6, 6.07) is 0.321. The molecule has 1 aliphatic rings. The van der Waals surface area contributed by atoms with E-state index in [1.165, 1.54) is 26.4 Å². The number of hydrogen-bond acceptors (Lipinski definition) is 4. The summed E-state index contributed by atoms with van der Waals surface area (Å²) in [5.74, 6) is -0.402. The molecule has 0 saturated heterocycles. The Labute approximate surface area is 95.9 Å². The van der Waals surface area contributed by atoms with Crippen LogP contribution in [0.25, 0.3) is 0 Å². The normalized spacial score (nSPS) is 16.8. The molecule has 1 saturated carbocycles. The van der Waals surface area contributed by atoms with Crippen LogP contribution >= 0.6 is 0 Å². The van der Waals surface area contributed by atoms with E-state index >= 15 is 0 Å². The summed E-state index contributed by atoms with van der Waals surface area (Å²) in [7, 11) is 1.33. The van der Waals surface area contributed by atoms with E-state index in [0.29, 0.717) is 6.04 Å². The Morgan fingerprint density at radius 3 is 2.50 bits per heavy atom. The van der Waals surface area contributed by atoms with Crippen LogP contribution in [-0.2, 0) is 14.3 Å². The third-order valence-corrected chi connectivity index (χ3v) is 2.75. The van der Waals surface area contributed by atoms with Gasteiger partial charge in [-0.15, -0.1) is 0 Å². The summed E-state index contributed by atoms with van der Waals surface area (Å²) < 4.78 is 4.45. The smallest absolute Gasteiger partial charge is 0.319 e. The van der Waals surface area contributed by atoms with Gasteiger partial charge in [-0.3, -0.25) is 14.9 Å². The Morgan fingerprint density at radius 2 is 1.88 bits per heavy atom. The summed E-state index contributed by atoms with van der Waals surface area (Å²) in [5, 5.41) is 5.70. The zero-order valence-electron chi connectivity index (χ0n) is 9.75. The Balaban J connectivity index is 2.08. The maximum absolute atomic E-state index is 11.5. The van der Waals surface area contributed by atoms with Crippen LogP contribution in [0.5, 0.6) is 0 Å². The van der Waals surface area contributed by atoms with E-state index in [0.717, 1.165) is 12.8 Å². The van der Waals surface area contributed by atoms with Gasteiger partial charge < -0.3 is 10.1 Å². The molecule has 5 heteroatoms. The molecule has 0 unspecified atom stereocenters. The largest absolute Gasteiger partial charge is 0.468 e. The van der Waals surface area contributed by atoms with Crippen LogP contribution in [0.15, 0.2) is 0 Å².